The molecule has 0 amide bonds. The van der Waals surface area contributed by atoms with E-state index in [0.717, 1.165) is 31.6 Å². The molecule has 3 unspecified atom stereocenters. The lowest BCUT2D eigenvalue weighted by atomic mass is 9.81. The minimum absolute atomic E-state index is 0.180. The van der Waals surface area contributed by atoms with Crippen LogP contribution in [-0.4, -0.2) is 23.7 Å². The van der Waals surface area contributed by atoms with Crippen molar-refractivity contribution in [1.29, 1.82) is 0 Å². The number of aliphatic carboxylic acids is 1. The SMILES string of the molecule is CCCCCC(CCC)CCCCCCCCOC(=O)C1CCCC(C(=O)O)C1. The van der Waals surface area contributed by atoms with Crippen molar-refractivity contribution in [2.75, 3.05) is 6.61 Å². The van der Waals surface area contributed by atoms with Gasteiger partial charge in [0, 0.05) is 0 Å². The van der Waals surface area contributed by atoms with Crippen molar-refractivity contribution in [2.24, 2.45) is 17.8 Å². The first-order valence-electron chi connectivity index (χ1n) is 12.5. The van der Waals surface area contributed by atoms with E-state index in [2.05, 4.69) is 13.8 Å². The van der Waals surface area contributed by atoms with Gasteiger partial charge in [-0.15, -0.1) is 0 Å². The van der Waals surface area contributed by atoms with Crippen molar-refractivity contribution in [3.8, 4) is 0 Å². The van der Waals surface area contributed by atoms with Gasteiger partial charge in [-0.3, -0.25) is 9.59 Å². The third kappa shape index (κ3) is 12.3. The molecule has 1 saturated carbocycles. The van der Waals surface area contributed by atoms with Gasteiger partial charge >= 0.3 is 11.9 Å². The van der Waals surface area contributed by atoms with E-state index in [9.17, 15) is 9.59 Å². The molecule has 1 aliphatic rings. The van der Waals surface area contributed by atoms with E-state index >= 15 is 0 Å². The summed E-state index contributed by atoms with van der Waals surface area (Å²) in [5.74, 6) is -0.597. The summed E-state index contributed by atoms with van der Waals surface area (Å²) >= 11 is 0. The highest BCUT2D eigenvalue weighted by Crippen LogP contribution is 2.30. The molecule has 3 atom stereocenters. The van der Waals surface area contributed by atoms with Gasteiger partial charge in [-0.05, 0) is 31.6 Å². The standard InChI is InChI=1S/C25H46O4/c1-3-5-10-15-21(14-4-2)16-11-8-6-7-9-12-19-29-25(28)23-18-13-17-22(20-23)24(26)27/h21-23H,3-20H2,1-2H3,(H,26,27). The van der Waals surface area contributed by atoms with Crippen molar-refractivity contribution in [3.05, 3.63) is 0 Å². The van der Waals surface area contributed by atoms with Gasteiger partial charge in [0.25, 0.3) is 0 Å². The summed E-state index contributed by atoms with van der Waals surface area (Å²) in [5, 5.41) is 9.13. The molecule has 0 spiro atoms. The van der Waals surface area contributed by atoms with Crippen LogP contribution in [-0.2, 0) is 14.3 Å². The van der Waals surface area contributed by atoms with Crippen LogP contribution in [0.15, 0.2) is 0 Å². The van der Waals surface area contributed by atoms with E-state index in [1.807, 2.05) is 0 Å². The maximum Gasteiger partial charge on any atom is 0.308 e. The van der Waals surface area contributed by atoms with Crippen molar-refractivity contribution in [3.63, 3.8) is 0 Å². The van der Waals surface area contributed by atoms with Crippen LogP contribution in [0.4, 0.5) is 0 Å². The number of rotatable bonds is 17. The van der Waals surface area contributed by atoms with Crippen molar-refractivity contribution in [2.45, 2.75) is 123 Å². The lowest BCUT2D eigenvalue weighted by Crippen LogP contribution is -2.28. The van der Waals surface area contributed by atoms with Crippen LogP contribution in [0.2, 0.25) is 0 Å². The summed E-state index contributed by atoms with van der Waals surface area (Å²) in [6.45, 7) is 5.07. The minimum atomic E-state index is -0.774. The number of ether oxygens (including phenoxy) is 1. The molecule has 1 aliphatic carbocycles. The Bertz CT molecular complexity index is 435. The summed E-state index contributed by atoms with van der Waals surface area (Å²) in [5.41, 5.74) is 0. The van der Waals surface area contributed by atoms with E-state index in [1.165, 1.54) is 70.6 Å². The van der Waals surface area contributed by atoms with Crippen molar-refractivity contribution < 1.29 is 19.4 Å². The molecule has 0 aromatic heterocycles. The molecule has 4 heteroatoms. The zero-order chi connectivity index (χ0) is 21.3. The molecule has 1 rings (SSSR count). The maximum absolute atomic E-state index is 12.1. The number of hydrogen-bond acceptors (Lipinski definition) is 3. The summed E-state index contributed by atoms with van der Waals surface area (Å²) < 4.78 is 5.41. The summed E-state index contributed by atoms with van der Waals surface area (Å²) in [6.07, 6.45) is 19.6. The van der Waals surface area contributed by atoms with Gasteiger partial charge in [0.1, 0.15) is 0 Å². The number of carboxylic acid groups (broad SMARTS) is 1. The molecule has 0 radical (unpaired) electrons. The predicted octanol–water partition coefficient (Wildman–Crippen LogP) is 7.15. The van der Waals surface area contributed by atoms with Crippen LogP contribution >= 0.6 is 0 Å². The normalized spacial score (nSPS) is 20.3. The second kappa shape index (κ2) is 16.7. The van der Waals surface area contributed by atoms with Gasteiger partial charge in [0.15, 0.2) is 0 Å². The molecule has 0 saturated heterocycles. The van der Waals surface area contributed by atoms with Gasteiger partial charge in [-0.25, -0.2) is 0 Å². The van der Waals surface area contributed by atoms with Crippen LogP contribution in [0.3, 0.4) is 0 Å². The molecule has 0 bridgehead atoms. The monoisotopic (exact) mass is 410 g/mol. The van der Waals surface area contributed by atoms with Crippen LogP contribution < -0.4 is 0 Å². The summed E-state index contributed by atoms with van der Waals surface area (Å²) in [4.78, 5) is 23.2. The Balaban J connectivity index is 1.99. The van der Waals surface area contributed by atoms with E-state index in [1.54, 1.807) is 0 Å². The maximum atomic E-state index is 12.1. The second-order valence-corrected chi connectivity index (χ2v) is 9.13. The Labute approximate surface area is 179 Å². The Morgan fingerprint density at radius 1 is 0.828 bits per heavy atom. The minimum Gasteiger partial charge on any atom is -0.481 e. The number of esters is 1. The van der Waals surface area contributed by atoms with E-state index in [0.29, 0.717) is 19.4 Å². The number of unbranched alkanes of at least 4 members (excludes halogenated alkanes) is 7. The summed E-state index contributed by atoms with van der Waals surface area (Å²) in [7, 11) is 0. The number of carbonyl (C=O) groups is 2. The van der Waals surface area contributed by atoms with Crippen LogP contribution in [0.5, 0.6) is 0 Å². The first kappa shape index (κ1) is 26.0. The highest BCUT2D eigenvalue weighted by atomic mass is 16.5. The molecule has 1 N–H and O–H groups in total. The Hall–Kier alpha value is -1.06. The van der Waals surface area contributed by atoms with Crippen molar-refractivity contribution in [1.82, 2.24) is 0 Å². The Morgan fingerprint density at radius 3 is 2.10 bits per heavy atom. The number of carbonyl (C=O) groups excluding carboxylic acids is 1. The fraction of sp³-hybridized carbons (Fsp3) is 0.920. The van der Waals surface area contributed by atoms with Crippen molar-refractivity contribution >= 4 is 11.9 Å². The van der Waals surface area contributed by atoms with Crippen LogP contribution in [0.1, 0.15) is 123 Å². The highest BCUT2D eigenvalue weighted by Gasteiger charge is 2.31. The second-order valence-electron chi connectivity index (χ2n) is 9.13. The molecule has 4 nitrogen and oxygen atoms in total. The van der Waals surface area contributed by atoms with E-state index < -0.39 is 5.97 Å². The molecule has 0 aliphatic heterocycles. The third-order valence-electron chi connectivity index (χ3n) is 6.52. The largest absolute Gasteiger partial charge is 0.481 e. The quantitative estimate of drug-likeness (QED) is 0.204. The van der Waals surface area contributed by atoms with Gasteiger partial charge in [0.2, 0.25) is 0 Å². The van der Waals surface area contributed by atoms with Gasteiger partial charge < -0.3 is 9.84 Å². The Kier molecular flexibility index (Phi) is 15.0. The van der Waals surface area contributed by atoms with Gasteiger partial charge in [-0.2, -0.15) is 0 Å². The third-order valence-corrected chi connectivity index (χ3v) is 6.52. The zero-order valence-electron chi connectivity index (χ0n) is 19.1. The molecule has 0 heterocycles. The average Bonchev–Trinajstić information content (AvgIpc) is 2.72. The molecule has 29 heavy (non-hydrogen) atoms. The van der Waals surface area contributed by atoms with Crippen LogP contribution in [0.25, 0.3) is 0 Å². The molecular weight excluding hydrogens is 364 g/mol. The van der Waals surface area contributed by atoms with E-state index in [-0.39, 0.29) is 17.8 Å². The molecule has 0 aromatic carbocycles. The topological polar surface area (TPSA) is 63.6 Å². The van der Waals surface area contributed by atoms with Crippen LogP contribution in [0, 0.1) is 17.8 Å². The molecule has 1 fully saturated rings. The first-order valence-corrected chi connectivity index (χ1v) is 12.5. The number of hydrogen-bond donors (Lipinski definition) is 1. The lowest BCUT2D eigenvalue weighted by Gasteiger charge is -2.25. The first-order chi connectivity index (χ1) is 14.1. The molecule has 0 aromatic rings. The zero-order valence-corrected chi connectivity index (χ0v) is 19.1. The van der Waals surface area contributed by atoms with E-state index in [4.69, 9.17) is 9.84 Å². The fourth-order valence-electron chi connectivity index (χ4n) is 4.69. The molecule has 170 valence electrons. The predicted molar refractivity (Wildman–Crippen MR) is 119 cm³/mol. The highest BCUT2D eigenvalue weighted by molar-refractivity contribution is 5.75. The number of carboxylic acids is 1. The lowest BCUT2D eigenvalue weighted by molar-refractivity contribution is -0.152. The van der Waals surface area contributed by atoms with Gasteiger partial charge in [0.05, 0.1) is 18.4 Å². The smallest absolute Gasteiger partial charge is 0.308 e. The Morgan fingerprint density at radius 2 is 1.45 bits per heavy atom. The average molecular weight is 411 g/mol. The molecular formula is C25H46O4. The van der Waals surface area contributed by atoms with Gasteiger partial charge in [-0.1, -0.05) is 97.3 Å². The fourth-order valence-corrected chi connectivity index (χ4v) is 4.69. The summed E-state index contributed by atoms with van der Waals surface area (Å²) in [6, 6.07) is 0.